The van der Waals surface area contributed by atoms with Crippen LogP contribution in [0, 0.1) is 11.3 Å². The molecule has 4 aromatic rings. The van der Waals surface area contributed by atoms with Gasteiger partial charge in [-0.3, -0.25) is 5.32 Å². The predicted molar refractivity (Wildman–Crippen MR) is 119 cm³/mol. The van der Waals surface area contributed by atoms with Crippen LogP contribution >= 0.6 is 0 Å². The molecule has 0 aliphatic rings. The number of ether oxygens (including phenoxy) is 1. The van der Waals surface area contributed by atoms with E-state index < -0.39 is 12.2 Å². The minimum Gasteiger partial charge on any atom is -0.441 e. The lowest BCUT2D eigenvalue weighted by Gasteiger charge is -2.15. The van der Waals surface area contributed by atoms with Gasteiger partial charge in [-0.25, -0.2) is 9.48 Å². The van der Waals surface area contributed by atoms with E-state index in [1.807, 2.05) is 84.9 Å². The second-order valence-corrected chi connectivity index (χ2v) is 6.93. The van der Waals surface area contributed by atoms with Gasteiger partial charge in [0, 0.05) is 0 Å². The fraction of sp³-hybridized carbons (Fsp3) is 0.0800. The number of benzene rings is 3. The molecular weight excluding hydrogens is 388 g/mol. The van der Waals surface area contributed by atoms with Crippen LogP contribution in [0.3, 0.4) is 0 Å². The highest BCUT2D eigenvalue weighted by Crippen LogP contribution is 2.25. The zero-order valence-corrected chi connectivity index (χ0v) is 16.9. The van der Waals surface area contributed by atoms with Gasteiger partial charge in [0.2, 0.25) is 0 Å². The fourth-order valence-electron chi connectivity index (χ4n) is 3.25. The maximum Gasteiger partial charge on any atom is 0.413 e. The van der Waals surface area contributed by atoms with Crippen molar-refractivity contribution in [2.75, 3.05) is 5.32 Å². The lowest BCUT2D eigenvalue weighted by Crippen LogP contribution is -2.19. The number of hydrogen-bond donors (Lipinski definition) is 1. The summed E-state index contributed by atoms with van der Waals surface area (Å²) in [4.78, 5) is 12.5. The van der Waals surface area contributed by atoms with E-state index in [0.717, 1.165) is 16.7 Å². The molecule has 1 aromatic heterocycles. The first kappa shape index (κ1) is 19.9. The maximum atomic E-state index is 12.5. The molecule has 6 heteroatoms. The molecule has 0 saturated heterocycles. The molecule has 4 rings (SSSR count). The van der Waals surface area contributed by atoms with Crippen LogP contribution < -0.4 is 5.32 Å². The summed E-state index contributed by atoms with van der Waals surface area (Å²) in [5.41, 5.74) is 4.00. The Kier molecular flexibility index (Phi) is 5.77. The maximum absolute atomic E-state index is 12.5. The van der Waals surface area contributed by atoms with Crippen molar-refractivity contribution in [2.45, 2.75) is 13.0 Å². The summed E-state index contributed by atoms with van der Waals surface area (Å²) >= 11 is 0. The Morgan fingerprint density at radius 3 is 2.23 bits per heavy atom. The second-order valence-electron chi connectivity index (χ2n) is 6.93. The largest absolute Gasteiger partial charge is 0.441 e. The number of amides is 1. The van der Waals surface area contributed by atoms with Crippen molar-refractivity contribution in [1.82, 2.24) is 9.78 Å². The van der Waals surface area contributed by atoms with E-state index in [9.17, 15) is 10.1 Å². The second kappa shape index (κ2) is 8.97. The van der Waals surface area contributed by atoms with Crippen molar-refractivity contribution in [3.63, 3.8) is 0 Å². The lowest BCUT2D eigenvalue weighted by molar-refractivity contribution is 0.121. The summed E-state index contributed by atoms with van der Waals surface area (Å²) in [7, 11) is 0. The molecule has 31 heavy (non-hydrogen) atoms. The normalized spacial score (nSPS) is 11.4. The van der Waals surface area contributed by atoms with Gasteiger partial charge in [-0.15, -0.1) is 0 Å². The number of nitrogens with zero attached hydrogens (tertiary/aromatic N) is 3. The summed E-state index contributed by atoms with van der Waals surface area (Å²) in [6.45, 7) is 1.79. The van der Waals surface area contributed by atoms with E-state index in [1.54, 1.807) is 6.92 Å². The SMILES string of the molecule is CC(OC(=O)Nc1c(C#N)cnn1-c1ccc(-c2ccccc2)cc1)c1ccccc1. The van der Waals surface area contributed by atoms with Crippen molar-refractivity contribution in [3.05, 3.63) is 102 Å². The Bertz CT molecular complexity index is 1210. The molecule has 0 fully saturated rings. The van der Waals surface area contributed by atoms with Crippen LogP contribution in [0.1, 0.15) is 24.2 Å². The molecule has 6 nitrogen and oxygen atoms in total. The minimum atomic E-state index is -0.657. The number of hydrogen-bond acceptors (Lipinski definition) is 4. The fourth-order valence-corrected chi connectivity index (χ4v) is 3.25. The standard InChI is InChI=1S/C25H20N4O2/c1-18(19-8-4-2-5-9-19)31-25(30)28-24-22(16-26)17-27-29(24)23-14-12-21(13-15-23)20-10-6-3-7-11-20/h2-15,17-18H,1H3,(H,28,30). The van der Waals surface area contributed by atoms with E-state index in [4.69, 9.17) is 4.74 Å². The van der Waals surface area contributed by atoms with Crippen molar-refractivity contribution >= 4 is 11.9 Å². The molecule has 1 unspecified atom stereocenters. The molecule has 1 N–H and O–H groups in total. The number of nitrogens with one attached hydrogen (secondary N) is 1. The average Bonchev–Trinajstić information content (AvgIpc) is 3.22. The molecule has 1 amide bonds. The van der Waals surface area contributed by atoms with Gasteiger partial charge >= 0.3 is 6.09 Å². The number of carbonyl (C=O) groups is 1. The van der Waals surface area contributed by atoms with E-state index in [-0.39, 0.29) is 11.4 Å². The molecule has 152 valence electrons. The Balaban J connectivity index is 1.55. The third-order valence-corrected chi connectivity index (χ3v) is 4.88. The van der Waals surface area contributed by atoms with Crippen LogP contribution in [0.4, 0.5) is 10.6 Å². The Labute approximate surface area is 180 Å². The first-order chi connectivity index (χ1) is 15.2. The van der Waals surface area contributed by atoms with E-state index in [2.05, 4.69) is 16.5 Å². The van der Waals surface area contributed by atoms with Gasteiger partial charge in [0.05, 0.1) is 11.9 Å². The Hall–Kier alpha value is -4.37. The molecule has 0 saturated carbocycles. The van der Waals surface area contributed by atoms with Gasteiger partial charge in [0.15, 0.2) is 5.82 Å². The molecular formula is C25H20N4O2. The summed E-state index contributed by atoms with van der Waals surface area (Å²) < 4.78 is 6.99. The van der Waals surface area contributed by atoms with Crippen molar-refractivity contribution < 1.29 is 9.53 Å². The molecule has 0 spiro atoms. The van der Waals surface area contributed by atoms with Crippen LogP contribution in [0.25, 0.3) is 16.8 Å². The first-order valence-corrected chi connectivity index (χ1v) is 9.82. The zero-order chi connectivity index (χ0) is 21.6. The minimum absolute atomic E-state index is 0.247. The van der Waals surface area contributed by atoms with Gasteiger partial charge < -0.3 is 4.74 Å². The van der Waals surface area contributed by atoms with Crippen LogP contribution in [-0.4, -0.2) is 15.9 Å². The number of anilines is 1. The Morgan fingerprint density at radius 1 is 0.968 bits per heavy atom. The van der Waals surface area contributed by atoms with Gasteiger partial charge in [-0.05, 0) is 35.7 Å². The van der Waals surface area contributed by atoms with Crippen LogP contribution in [0.15, 0.2) is 91.1 Å². The first-order valence-electron chi connectivity index (χ1n) is 9.82. The topological polar surface area (TPSA) is 79.9 Å². The number of rotatable bonds is 5. The molecule has 0 radical (unpaired) electrons. The van der Waals surface area contributed by atoms with Crippen molar-refractivity contribution in [2.24, 2.45) is 0 Å². The lowest BCUT2D eigenvalue weighted by atomic mass is 10.1. The highest BCUT2D eigenvalue weighted by Gasteiger charge is 2.18. The highest BCUT2D eigenvalue weighted by molar-refractivity contribution is 5.86. The van der Waals surface area contributed by atoms with Gasteiger partial charge in [0.1, 0.15) is 17.7 Å². The van der Waals surface area contributed by atoms with Gasteiger partial charge in [-0.2, -0.15) is 10.4 Å². The summed E-state index contributed by atoms with van der Waals surface area (Å²) in [6, 6.07) is 29.2. The molecule has 0 bridgehead atoms. The van der Waals surface area contributed by atoms with E-state index >= 15 is 0 Å². The third-order valence-electron chi connectivity index (χ3n) is 4.88. The third kappa shape index (κ3) is 4.46. The molecule has 1 heterocycles. The quantitative estimate of drug-likeness (QED) is 0.458. The van der Waals surface area contributed by atoms with Crippen molar-refractivity contribution in [3.8, 4) is 22.9 Å². The Morgan fingerprint density at radius 2 is 1.58 bits per heavy atom. The zero-order valence-electron chi connectivity index (χ0n) is 16.9. The highest BCUT2D eigenvalue weighted by atomic mass is 16.6. The molecule has 3 aromatic carbocycles. The van der Waals surface area contributed by atoms with E-state index in [0.29, 0.717) is 5.69 Å². The van der Waals surface area contributed by atoms with Crippen molar-refractivity contribution in [1.29, 1.82) is 5.26 Å². The predicted octanol–water partition coefficient (Wildman–Crippen LogP) is 5.72. The molecule has 0 aliphatic heterocycles. The van der Waals surface area contributed by atoms with Crippen LogP contribution in [0.2, 0.25) is 0 Å². The number of carbonyl (C=O) groups excluding carboxylic acids is 1. The monoisotopic (exact) mass is 408 g/mol. The number of aromatic nitrogens is 2. The summed E-state index contributed by atoms with van der Waals surface area (Å²) in [5.74, 6) is 0.264. The van der Waals surface area contributed by atoms with Gasteiger partial charge in [0.25, 0.3) is 0 Å². The summed E-state index contributed by atoms with van der Waals surface area (Å²) in [6.07, 6.45) is 0.324. The molecule has 1 atom stereocenters. The van der Waals surface area contributed by atoms with Gasteiger partial charge in [-0.1, -0.05) is 72.8 Å². The van der Waals surface area contributed by atoms with Crippen LogP contribution in [-0.2, 0) is 4.74 Å². The van der Waals surface area contributed by atoms with E-state index in [1.165, 1.54) is 10.9 Å². The number of nitriles is 1. The average molecular weight is 408 g/mol. The van der Waals surface area contributed by atoms with Crippen LogP contribution in [0.5, 0.6) is 0 Å². The smallest absolute Gasteiger partial charge is 0.413 e. The molecule has 0 aliphatic carbocycles. The summed E-state index contributed by atoms with van der Waals surface area (Å²) in [5, 5.41) is 16.4.